The second kappa shape index (κ2) is 1.60. The molecule has 0 spiro atoms. The first kappa shape index (κ1) is 3.02. The van der Waals surface area contributed by atoms with E-state index >= 15 is 0 Å². The average Bonchev–Trinajstić information content (AvgIpc) is 1.77. The molecule has 0 atom stereocenters. The lowest BCUT2D eigenvalue weighted by Crippen LogP contribution is -1.82. The first-order valence-corrected chi connectivity index (χ1v) is 1.98. The van der Waals surface area contributed by atoms with Gasteiger partial charge in [-0.25, -0.2) is 0 Å². The van der Waals surface area contributed by atoms with Gasteiger partial charge in [-0.1, -0.05) is 0 Å². The molecule has 7 heavy (non-hydrogen) atoms. The van der Waals surface area contributed by atoms with Crippen LogP contribution in [-0.2, 0) is 0 Å². The summed E-state index contributed by atoms with van der Waals surface area (Å²) in [6.07, 6.45) is 1.69. The van der Waals surface area contributed by atoms with Crippen LogP contribution in [0.4, 0.5) is 5.69 Å². The summed E-state index contributed by atoms with van der Waals surface area (Å²) < 4.78 is 6.98. The highest BCUT2D eigenvalue weighted by molar-refractivity contribution is 5.32. The van der Waals surface area contributed by atoms with Crippen LogP contribution in [0.1, 0.15) is 1.37 Å². The first-order valence-electron chi connectivity index (χ1n) is 2.48. The Balaban J connectivity index is 3.13. The molecule has 0 aromatic carbocycles. The largest absolute Gasteiger partial charge is 0.397 e. The van der Waals surface area contributed by atoms with Crippen LogP contribution >= 0.6 is 0 Å². The Morgan fingerprint density at radius 3 is 3.14 bits per heavy atom. The van der Waals surface area contributed by atoms with E-state index in [0.29, 0.717) is 5.69 Å². The molecule has 0 saturated heterocycles. The first-order chi connectivity index (χ1) is 3.80. The maximum absolute atomic E-state index is 6.98. The van der Waals surface area contributed by atoms with E-state index in [1.807, 2.05) is 0 Å². The molecule has 0 bridgehead atoms. The van der Waals surface area contributed by atoms with Gasteiger partial charge in [0.15, 0.2) is 0 Å². The molecule has 0 aliphatic heterocycles. The molecule has 1 rings (SSSR count). The molecular formula is C5H6N2. The van der Waals surface area contributed by atoms with Gasteiger partial charge in [0.2, 0.25) is 0 Å². The van der Waals surface area contributed by atoms with Crippen molar-refractivity contribution >= 4 is 5.69 Å². The molecule has 0 aliphatic rings. The lowest BCUT2D eigenvalue weighted by atomic mass is 10.4. The van der Waals surface area contributed by atoms with Gasteiger partial charge in [-0.3, -0.25) is 4.98 Å². The third-order valence-corrected chi connectivity index (χ3v) is 0.630. The summed E-state index contributed by atoms with van der Waals surface area (Å²) in [6.45, 7) is 0. The standard InChI is InChI=1S/C5H6N2/c6-5-2-1-3-7-4-5/h1-4H,6H2/i4D. The van der Waals surface area contributed by atoms with Crippen LogP contribution in [0, 0.1) is 0 Å². The van der Waals surface area contributed by atoms with Crippen molar-refractivity contribution in [2.24, 2.45) is 0 Å². The van der Waals surface area contributed by atoms with Crippen molar-refractivity contribution in [3.63, 3.8) is 0 Å². The van der Waals surface area contributed by atoms with Crippen LogP contribution in [0.15, 0.2) is 24.5 Å². The average molecular weight is 95.1 g/mol. The number of anilines is 1. The summed E-state index contributed by atoms with van der Waals surface area (Å²) in [6, 6.07) is 3.35. The predicted octanol–water partition coefficient (Wildman–Crippen LogP) is 0.664. The van der Waals surface area contributed by atoms with Crippen LogP contribution in [0.3, 0.4) is 0 Å². The molecule has 1 aromatic rings. The maximum atomic E-state index is 6.98. The van der Waals surface area contributed by atoms with Crippen molar-refractivity contribution in [2.75, 3.05) is 5.73 Å². The molecule has 0 fully saturated rings. The number of hydrogen-bond donors (Lipinski definition) is 1. The molecule has 1 aromatic heterocycles. The molecule has 0 radical (unpaired) electrons. The van der Waals surface area contributed by atoms with E-state index in [1.54, 1.807) is 18.3 Å². The zero-order valence-electron chi connectivity index (χ0n) is 4.76. The van der Waals surface area contributed by atoms with Crippen molar-refractivity contribution in [1.82, 2.24) is 4.98 Å². The van der Waals surface area contributed by atoms with Crippen LogP contribution in [-0.4, -0.2) is 4.98 Å². The van der Waals surface area contributed by atoms with Crippen molar-refractivity contribution in [3.05, 3.63) is 24.5 Å². The van der Waals surface area contributed by atoms with Gasteiger partial charge in [0.1, 0.15) is 0 Å². The SMILES string of the molecule is [2H]c1ncccc1N. The van der Waals surface area contributed by atoms with E-state index in [-0.39, 0.29) is 6.17 Å². The molecule has 0 unspecified atom stereocenters. The zero-order valence-corrected chi connectivity index (χ0v) is 3.76. The van der Waals surface area contributed by atoms with E-state index in [1.165, 1.54) is 0 Å². The minimum Gasteiger partial charge on any atom is -0.397 e. The molecule has 36 valence electrons. The van der Waals surface area contributed by atoms with Gasteiger partial charge in [0.05, 0.1) is 7.06 Å². The van der Waals surface area contributed by atoms with Crippen molar-refractivity contribution in [2.45, 2.75) is 0 Å². The molecule has 0 amide bonds. The van der Waals surface area contributed by atoms with Gasteiger partial charge in [-0.2, -0.15) is 0 Å². The Bertz CT molecular complexity index is 167. The second-order valence-electron chi connectivity index (χ2n) is 1.20. The van der Waals surface area contributed by atoms with Gasteiger partial charge in [-0.05, 0) is 12.1 Å². The molecule has 2 heteroatoms. The van der Waals surface area contributed by atoms with E-state index in [9.17, 15) is 0 Å². The smallest absolute Gasteiger partial charge is 0.0862 e. The molecule has 0 saturated carbocycles. The fraction of sp³-hybridized carbons (Fsp3) is 0. The summed E-state index contributed by atoms with van der Waals surface area (Å²) in [7, 11) is 0. The van der Waals surface area contributed by atoms with Gasteiger partial charge in [0, 0.05) is 12.4 Å². The zero-order chi connectivity index (χ0) is 5.98. The Hall–Kier alpha value is -1.05. The van der Waals surface area contributed by atoms with Crippen molar-refractivity contribution < 1.29 is 1.37 Å². The summed E-state index contributed by atoms with van der Waals surface area (Å²) in [5.74, 6) is 0. The predicted molar refractivity (Wildman–Crippen MR) is 28.6 cm³/mol. The van der Waals surface area contributed by atoms with Crippen molar-refractivity contribution in [3.8, 4) is 0 Å². The third kappa shape index (κ3) is 0.892. The van der Waals surface area contributed by atoms with E-state index in [2.05, 4.69) is 4.98 Å². The number of hydrogen-bond acceptors (Lipinski definition) is 2. The van der Waals surface area contributed by atoms with Crippen LogP contribution in [0.2, 0.25) is 0 Å². The van der Waals surface area contributed by atoms with Crippen LogP contribution in [0.5, 0.6) is 0 Å². The van der Waals surface area contributed by atoms with E-state index in [4.69, 9.17) is 7.10 Å². The van der Waals surface area contributed by atoms with E-state index in [0.717, 1.165) is 0 Å². The van der Waals surface area contributed by atoms with Crippen LogP contribution in [0.25, 0.3) is 0 Å². The van der Waals surface area contributed by atoms with Gasteiger partial charge in [0.25, 0.3) is 0 Å². The Labute approximate surface area is 43.4 Å². The summed E-state index contributed by atoms with van der Waals surface area (Å²) in [4.78, 5) is 3.62. The van der Waals surface area contributed by atoms with Crippen LogP contribution < -0.4 is 5.73 Å². The number of rotatable bonds is 0. The number of nitrogens with zero attached hydrogens (tertiary/aromatic N) is 1. The lowest BCUT2D eigenvalue weighted by molar-refractivity contribution is 1.33. The molecular weight excluding hydrogens is 88.1 g/mol. The number of nitrogen functional groups attached to an aromatic ring is 1. The van der Waals surface area contributed by atoms with Gasteiger partial charge in [-0.15, -0.1) is 0 Å². The Kier molecular flexibility index (Phi) is 0.689. The minimum absolute atomic E-state index is 0.146. The molecule has 0 aliphatic carbocycles. The third-order valence-electron chi connectivity index (χ3n) is 0.630. The van der Waals surface area contributed by atoms with Gasteiger partial charge >= 0.3 is 0 Å². The fourth-order valence-corrected chi connectivity index (χ4v) is 0.339. The van der Waals surface area contributed by atoms with E-state index < -0.39 is 0 Å². The summed E-state index contributed by atoms with van der Waals surface area (Å²) in [5.41, 5.74) is 5.69. The topological polar surface area (TPSA) is 38.9 Å². The van der Waals surface area contributed by atoms with Gasteiger partial charge < -0.3 is 5.73 Å². The highest BCUT2D eigenvalue weighted by atomic mass is 14.7. The quantitative estimate of drug-likeness (QED) is 0.514. The Morgan fingerprint density at radius 1 is 1.86 bits per heavy atom. The molecule has 2 N–H and O–H groups in total. The minimum atomic E-state index is 0.146. The number of pyridine rings is 1. The highest BCUT2D eigenvalue weighted by Crippen LogP contribution is 1.92. The molecule has 2 nitrogen and oxygen atoms in total. The fourth-order valence-electron chi connectivity index (χ4n) is 0.339. The maximum Gasteiger partial charge on any atom is 0.0862 e. The molecule has 1 heterocycles. The Morgan fingerprint density at radius 2 is 2.71 bits per heavy atom. The monoisotopic (exact) mass is 95.1 g/mol. The highest BCUT2D eigenvalue weighted by Gasteiger charge is 1.73. The second-order valence-corrected chi connectivity index (χ2v) is 1.20. The lowest BCUT2D eigenvalue weighted by Gasteiger charge is -1.83. The summed E-state index contributed by atoms with van der Waals surface area (Å²) >= 11 is 0. The number of nitrogens with two attached hydrogens (primary N) is 1. The normalized spacial score (nSPS) is 10.6. The summed E-state index contributed by atoms with van der Waals surface area (Å²) in [5, 5.41) is 0. The number of aromatic nitrogens is 1. The van der Waals surface area contributed by atoms with Crippen molar-refractivity contribution in [1.29, 1.82) is 0 Å².